The smallest absolute Gasteiger partial charge is 0.274 e. The average Bonchev–Trinajstić information content (AvgIpc) is 3.31. The van der Waals surface area contributed by atoms with Crippen LogP contribution in [0.15, 0.2) is 47.1 Å². The molecule has 1 saturated heterocycles. The molecule has 0 radical (unpaired) electrons. The number of halogens is 1. The predicted molar refractivity (Wildman–Crippen MR) is 101 cm³/mol. The molecular weight excluding hydrogens is 359 g/mol. The molecule has 0 N–H and O–H groups in total. The van der Waals surface area contributed by atoms with Crippen molar-refractivity contribution in [2.24, 2.45) is 7.05 Å². The number of carbonyl (C=O) groups is 1. The van der Waals surface area contributed by atoms with Gasteiger partial charge in [-0.2, -0.15) is 5.10 Å². The first-order valence-corrected chi connectivity index (χ1v) is 9.41. The van der Waals surface area contributed by atoms with Crippen LogP contribution in [-0.2, 0) is 18.9 Å². The van der Waals surface area contributed by atoms with Gasteiger partial charge in [-0.15, -0.1) is 0 Å². The van der Waals surface area contributed by atoms with E-state index in [4.69, 9.17) is 4.42 Å². The third-order valence-corrected chi connectivity index (χ3v) is 5.25. The van der Waals surface area contributed by atoms with Gasteiger partial charge in [-0.3, -0.25) is 9.48 Å². The lowest BCUT2D eigenvalue weighted by Gasteiger charge is -2.38. The molecule has 0 bridgehead atoms. The number of aromatic nitrogens is 3. The highest BCUT2D eigenvalue weighted by Crippen LogP contribution is 2.34. The number of aryl methyl sites for hydroxylation is 1. The quantitative estimate of drug-likeness (QED) is 0.694. The van der Waals surface area contributed by atoms with E-state index < -0.39 is 0 Å². The van der Waals surface area contributed by atoms with Gasteiger partial charge < -0.3 is 9.32 Å². The fourth-order valence-corrected chi connectivity index (χ4v) is 3.79. The Labute approximate surface area is 163 Å². The first-order chi connectivity index (χ1) is 13.4. The van der Waals surface area contributed by atoms with E-state index in [2.05, 4.69) is 17.0 Å². The van der Waals surface area contributed by atoms with Crippen LogP contribution in [0.4, 0.5) is 4.39 Å². The number of amides is 1. The van der Waals surface area contributed by atoms with Crippen molar-refractivity contribution in [1.82, 2.24) is 19.7 Å². The molecule has 3 heterocycles. The Morgan fingerprint density at radius 1 is 1.36 bits per heavy atom. The van der Waals surface area contributed by atoms with Gasteiger partial charge in [-0.1, -0.05) is 12.1 Å². The van der Waals surface area contributed by atoms with Crippen molar-refractivity contribution in [3.8, 4) is 0 Å². The highest BCUT2D eigenvalue weighted by atomic mass is 19.1. The van der Waals surface area contributed by atoms with Crippen molar-refractivity contribution < 1.29 is 13.6 Å². The Hall–Kier alpha value is -2.96. The molecule has 0 aliphatic carbocycles. The number of benzene rings is 1. The summed E-state index contributed by atoms with van der Waals surface area (Å²) in [6.45, 7) is 3.30. The summed E-state index contributed by atoms with van der Waals surface area (Å²) in [5, 5.41) is 4.22. The SMILES string of the molecule is Cn1ccc(C(=O)N2CCCC(C)(c3ncc(Cc4cccc(F)c4)o3)C2)n1. The summed E-state index contributed by atoms with van der Waals surface area (Å²) in [7, 11) is 1.80. The minimum atomic E-state index is -0.358. The summed E-state index contributed by atoms with van der Waals surface area (Å²) < 4.78 is 21.0. The molecule has 1 aliphatic rings. The van der Waals surface area contributed by atoms with Crippen LogP contribution in [0.1, 0.15) is 47.5 Å². The van der Waals surface area contributed by atoms with Gasteiger partial charge in [0.05, 0.1) is 11.6 Å². The van der Waals surface area contributed by atoms with Crippen molar-refractivity contribution >= 4 is 5.91 Å². The number of rotatable bonds is 4. The number of oxazole rings is 1. The molecule has 1 unspecified atom stereocenters. The van der Waals surface area contributed by atoms with Crippen LogP contribution in [0.2, 0.25) is 0 Å². The third-order valence-electron chi connectivity index (χ3n) is 5.25. The van der Waals surface area contributed by atoms with Crippen molar-refractivity contribution in [2.45, 2.75) is 31.6 Å². The molecule has 6 nitrogen and oxygen atoms in total. The summed E-state index contributed by atoms with van der Waals surface area (Å²) in [6.07, 6.45) is 5.71. The molecule has 4 rings (SSSR count). The van der Waals surface area contributed by atoms with Crippen molar-refractivity contribution in [3.63, 3.8) is 0 Å². The summed E-state index contributed by atoms with van der Waals surface area (Å²) >= 11 is 0. The molecule has 0 saturated carbocycles. The molecule has 7 heteroatoms. The van der Waals surface area contributed by atoms with Gasteiger partial charge in [0.2, 0.25) is 5.89 Å². The number of hydrogen-bond acceptors (Lipinski definition) is 4. The Morgan fingerprint density at radius 2 is 2.21 bits per heavy atom. The maximum absolute atomic E-state index is 13.4. The van der Waals surface area contributed by atoms with Crippen LogP contribution >= 0.6 is 0 Å². The highest BCUT2D eigenvalue weighted by Gasteiger charge is 2.39. The molecule has 146 valence electrons. The molecule has 1 fully saturated rings. The summed E-state index contributed by atoms with van der Waals surface area (Å²) in [5.41, 5.74) is 0.928. The Balaban J connectivity index is 1.50. The summed E-state index contributed by atoms with van der Waals surface area (Å²) in [5.74, 6) is 0.977. The van der Waals surface area contributed by atoms with Gasteiger partial charge in [-0.05, 0) is 43.5 Å². The Kier molecular flexibility index (Phi) is 4.75. The molecule has 3 aromatic rings. The van der Waals surface area contributed by atoms with E-state index in [1.165, 1.54) is 12.1 Å². The molecule has 28 heavy (non-hydrogen) atoms. The van der Waals surface area contributed by atoms with Crippen LogP contribution in [-0.4, -0.2) is 38.7 Å². The topological polar surface area (TPSA) is 64.2 Å². The second kappa shape index (κ2) is 7.22. The zero-order chi connectivity index (χ0) is 19.7. The molecule has 1 amide bonds. The molecule has 1 atom stereocenters. The number of nitrogens with zero attached hydrogens (tertiary/aromatic N) is 4. The standard InChI is InChI=1S/C21H23FN4O2/c1-21(8-4-9-26(14-21)19(27)18-7-10-25(2)24-18)20-23-13-17(28-20)12-15-5-3-6-16(22)11-15/h3,5-7,10-11,13H,4,8-9,12,14H2,1-2H3. The summed E-state index contributed by atoms with van der Waals surface area (Å²) in [6, 6.07) is 8.20. The maximum Gasteiger partial charge on any atom is 0.274 e. The average molecular weight is 382 g/mol. The predicted octanol–water partition coefficient (Wildman–Crippen LogP) is 3.33. The second-order valence-electron chi connectivity index (χ2n) is 7.70. The van der Waals surface area contributed by atoms with Crippen molar-refractivity contribution in [2.75, 3.05) is 13.1 Å². The molecule has 0 spiro atoms. The largest absolute Gasteiger partial charge is 0.445 e. The number of hydrogen-bond donors (Lipinski definition) is 0. The summed E-state index contributed by atoms with van der Waals surface area (Å²) in [4.78, 5) is 19.1. The van der Waals surface area contributed by atoms with Gasteiger partial charge in [0, 0.05) is 32.8 Å². The number of likely N-dealkylation sites (tertiary alicyclic amines) is 1. The lowest BCUT2D eigenvalue weighted by molar-refractivity contribution is 0.0619. The monoisotopic (exact) mass is 382 g/mol. The third kappa shape index (κ3) is 3.69. The van der Waals surface area contributed by atoms with E-state index in [9.17, 15) is 9.18 Å². The fraction of sp³-hybridized carbons (Fsp3) is 0.381. The van der Waals surface area contributed by atoms with Crippen LogP contribution in [0.5, 0.6) is 0 Å². The van der Waals surface area contributed by atoms with Gasteiger partial charge in [0.1, 0.15) is 17.3 Å². The van der Waals surface area contributed by atoms with Crippen LogP contribution < -0.4 is 0 Å². The van der Waals surface area contributed by atoms with E-state index in [1.54, 1.807) is 36.3 Å². The zero-order valence-corrected chi connectivity index (χ0v) is 16.1. The molecule has 1 aromatic carbocycles. The van der Waals surface area contributed by atoms with Gasteiger partial charge in [0.15, 0.2) is 0 Å². The first kappa shape index (κ1) is 18.4. The van der Waals surface area contributed by atoms with E-state index in [0.29, 0.717) is 36.9 Å². The van der Waals surface area contributed by atoms with E-state index in [-0.39, 0.29) is 17.1 Å². The minimum Gasteiger partial charge on any atom is -0.445 e. The van der Waals surface area contributed by atoms with Crippen LogP contribution in [0.3, 0.4) is 0 Å². The highest BCUT2D eigenvalue weighted by molar-refractivity contribution is 5.92. The number of carbonyl (C=O) groups excluding carboxylic acids is 1. The van der Waals surface area contributed by atoms with Crippen molar-refractivity contribution in [3.05, 3.63) is 71.5 Å². The van der Waals surface area contributed by atoms with E-state index >= 15 is 0 Å². The molecule has 2 aromatic heterocycles. The first-order valence-electron chi connectivity index (χ1n) is 9.41. The van der Waals surface area contributed by atoms with E-state index in [1.807, 2.05) is 11.0 Å². The minimum absolute atomic E-state index is 0.0712. The Morgan fingerprint density at radius 3 is 2.96 bits per heavy atom. The normalized spacial score (nSPS) is 19.8. The van der Waals surface area contributed by atoms with Crippen LogP contribution in [0, 0.1) is 5.82 Å². The lowest BCUT2D eigenvalue weighted by Crippen LogP contribution is -2.47. The van der Waals surface area contributed by atoms with Gasteiger partial charge in [-0.25, -0.2) is 9.37 Å². The van der Waals surface area contributed by atoms with Gasteiger partial charge >= 0.3 is 0 Å². The fourth-order valence-electron chi connectivity index (χ4n) is 3.79. The van der Waals surface area contributed by atoms with Crippen LogP contribution in [0.25, 0.3) is 0 Å². The van der Waals surface area contributed by atoms with Crippen molar-refractivity contribution in [1.29, 1.82) is 0 Å². The zero-order valence-electron chi connectivity index (χ0n) is 16.1. The molecular formula is C21H23FN4O2. The number of piperidine rings is 1. The second-order valence-corrected chi connectivity index (χ2v) is 7.70. The van der Waals surface area contributed by atoms with Gasteiger partial charge in [0.25, 0.3) is 5.91 Å². The Bertz CT molecular complexity index is 996. The molecule has 1 aliphatic heterocycles. The lowest BCUT2D eigenvalue weighted by atomic mass is 9.81. The van der Waals surface area contributed by atoms with E-state index in [0.717, 1.165) is 18.4 Å². The maximum atomic E-state index is 13.4.